The molecule has 5 heteroatoms. The smallest absolute Gasteiger partial charge is 0.303 e. The first kappa shape index (κ1) is 20.8. The summed E-state index contributed by atoms with van der Waals surface area (Å²) in [4.78, 5) is 10.3. The van der Waals surface area contributed by atoms with Crippen LogP contribution in [0.5, 0.6) is 0 Å². The molecule has 4 N–H and O–H groups in total. The van der Waals surface area contributed by atoms with Crippen LogP contribution in [-0.2, 0) is 4.79 Å². The van der Waals surface area contributed by atoms with Gasteiger partial charge in [-0.25, -0.2) is 0 Å². The Morgan fingerprint density at radius 3 is 2.05 bits per heavy atom. The van der Waals surface area contributed by atoms with Crippen LogP contribution in [0.15, 0.2) is 24.3 Å². The second kappa shape index (κ2) is 13.5. The van der Waals surface area contributed by atoms with Gasteiger partial charge in [0.2, 0.25) is 0 Å². The number of aliphatic hydroxyl groups excluding tert-OH is 3. The Morgan fingerprint density at radius 1 is 0.909 bits per heavy atom. The minimum Gasteiger partial charge on any atom is -0.481 e. The number of carboxylic acid groups (broad SMARTS) is 1. The van der Waals surface area contributed by atoms with Crippen molar-refractivity contribution in [2.75, 3.05) is 0 Å². The molecule has 22 heavy (non-hydrogen) atoms. The zero-order valence-electron chi connectivity index (χ0n) is 13.4. The number of allylic oxidation sites excluding steroid dienone is 2. The van der Waals surface area contributed by atoms with Crippen LogP contribution in [0.3, 0.4) is 0 Å². The van der Waals surface area contributed by atoms with Gasteiger partial charge in [-0.3, -0.25) is 4.79 Å². The molecule has 0 saturated heterocycles. The van der Waals surface area contributed by atoms with E-state index in [0.29, 0.717) is 19.3 Å². The molecular weight excluding hydrogens is 284 g/mol. The molecular formula is C17H30O5. The van der Waals surface area contributed by atoms with E-state index in [2.05, 4.69) is 0 Å². The van der Waals surface area contributed by atoms with E-state index in [1.807, 2.05) is 19.1 Å². The van der Waals surface area contributed by atoms with Gasteiger partial charge >= 0.3 is 5.97 Å². The van der Waals surface area contributed by atoms with Crippen LogP contribution < -0.4 is 0 Å². The van der Waals surface area contributed by atoms with Gasteiger partial charge in [0.25, 0.3) is 0 Å². The van der Waals surface area contributed by atoms with Crippen molar-refractivity contribution in [1.82, 2.24) is 0 Å². The molecule has 0 fully saturated rings. The van der Waals surface area contributed by atoms with Gasteiger partial charge in [0, 0.05) is 6.42 Å². The van der Waals surface area contributed by atoms with Crippen molar-refractivity contribution in [3.8, 4) is 0 Å². The molecule has 128 valence electrons. The molecule has 0 radical (unpaired) electrons. The summed E-state index contributed by atoms with van der Waals surface area (Å²) >= 11 is 0. The fourth-order valence-corrected chi connectivity index (χ4v) is 2.01. The van der Waals surface area contributed by atoms with E-state index in [0.717, 1.165) is 25.7 Å². The molecule has 0 aliphatic heterocycles. The third kappa shape index (κ3) is 11.5. The highest BCUT2D eigenvalue weighted by atomic mass is 16.4. The van der Waals surface area contributed by atoms with Crippen molar-refractivity contribution in [1.29, 1.82) is 0 Å². The second-order valence-electron chi connectivity index (χ2n) is 5.44. The maximum atomic E-state index is 10.3. The van der Waals surface area contributed by atoms with Crippen molar-refractivity contribution >= 4 is 5.97 Å². The number of aliphatic carboxylic acids is 1. The van der Waals surface area contributed by atoms with Gasteiger partial charge in [-0.05, 0) is 38.5 Å². The topological polar surface area (TPSA) is 98.0 Å². The van der Waals surface area contributed by atoms with Crippen LogP contribution in [-0.4, -0.2) is 44.7 Å². The second-order valence-corrected chi connectivity index (χ2v) is 5.44. The summed E-state index contributed by atoms with van der Waals surface area (Å²) in [5.74, 6) is -0.764. The van der Waals surface area contributed by atoms with Crippen molar-refractivity contribution < 1.29 is 25.2 Å². The lowest BCUT2D eigenvalue weighted by atomic mass is 10.0. The summed E-state index contributed by atoms with van der Waals surface area (Å²) in [7, 11) is 0. The third-order valence-corrected chi connectivity index (χ3v) is 3.37. The van der Waals surface area contributed by atoms with Gasteiger partial charge in [0.05, 0.1) is 12.2 Å². The molecule has 3 unspecified atom stereocenters. The van der Waals surface area contributed by atoms with Crippen molar-refractivity contribution in [3.05, 3.63) is 24.3 Å². The Morgan fingerprint density at radius 2 is 1.50 bits per heavy atom. The average Bonchev–Trinajstić information content (AvgIpc) is 2.48. The van der Waals surface area contributed by atoms with E-state index >= 15 is 0 Å². The predicted molar refractivity (Wildman–Crippen MR) is 86.5 cm³/mol. The molecule has 0 spiro atoms. The zero-order chi connectivity index (χ0) is 16.8. The Balaban J connectivity index is 3.77. The van der Waals surface area contributed by atoms with E-state index < -0.39 is 24.3 Å². The van der Waals surface area contributed by atoms with Gasteiger partial charge in [-0.15, -0.1) is 0 Å². The highest BCUT2D eigenvalue weighted by molar-refractivity contribution is 5.66. The fraction of sp³-hybridized carbons (Fsp3) is 0.706. The van der Waals surface area contributed by atoms with Crippen molar-refractivity contribution in [3.63, 3.8) is 0 Å². The molecule has 0 aromatic carbocycles. The van der Waals surface area contributed by atoms with Crippen LogP contribution >= 0.6 is 0 Å². The Bertz CT molecular complexity index is 338. The standard InChI is InChI=1S/C17H30O5/c1-2-3-8-11-14(18)17(22)15(19)12-9-6-4-5-7-10-13-16(20)21/h3,6,8-9,14-15,17-19,22H,2,4-5,7,10-13H2,1H3,(H,20,21)/b8-3-,9-6-. The predicted octanol–water partition coefficient (Wildman–Crippen LogP) is 2.41. The minimum atomic E-state index is -1.15. The molecule has 0 aliphatic rings. The molecule has 0 amide bonds. The summed E-state index contributed by atoms with van der Waals surface area (Å²) in [6, 6.07) is 0. The summed E-state index contributed by atoms with van der Waals surface area (Å²) in [6.45, 7) is 1.99. The number of carbonyl (C=O) groups is 1. The fourth-order valence-electron chi connectivity index (χ4n) is 2.01. The number of carboxylic acids is 1. The number of rotatable bonds is 13. The minimum absolute atomic E-state index is 0.207. The molecule has 3 atom stereocenters. The third-order valence-electron chi connectivity index (χ3n) is 3.37. The molecule has 0 aliphatic carbocycles. The van der Waals surface area contributed by atoms with Crippen molar-refractivity contribution in [2.45, 2.75) is 76.6 Å². The molecule has 0 saturated carbocycles. The summed E-state index contributed by atoms with van der Waals surface area (Å²) < 4.78 is 0. The van der Waals surface area contributed by atoms with E-state index in [-0.39, 0.29) is 6.42 Å². The highest BCUT2D eigenvalue weighted by Crippen LogP contribution is 2.10. The lowest BCUT2D eigenvalue weighted by Crippen LogP contribution is -2.36. The number of hydrogen-bond acceptors (Lipinski definition) is 4. The van der Waals surface area contributed by atoms with Gasteiger partial charge in [-0.1, -0.05) is 37.6 Å². The van der Waals surface area contributed by atoms with E-state index in [1.54, 1.807) is 12.2 Å². The Kier molecular flexibility index (Phi) is 12.8. The van der Waals surface area contributed by atoms with Crippen LogP contribution in [0.2, 0.25) is 0 Å². The summed E-state index contributed by atoms with van der Waals surface area (Å²) in [5, 5.41) is 37.8. The Hall–Kier alpha value is -1.17. The Labute approximate surface area is 133 Å². The summed E-state index contributed by atoms with van der Waals surface area (Å²) in [5.41, 5.74) is 0. The number of hydrogen-bond donors (Lipinski definition) is 4. The number of aliphatic hydroxyl groups is 3. The summed E-state index contributed by atoms with van der Waals surface area (Å²) in [6.07, 6.45) is 9.32. The van der Waals surface area contributed by atoms with Gasteiger partial charge in [0.15, 0.2) is 0 Å². The van der Waals surface area contributed by atoms with Crippen LogP contribution in [0.1, 0.15) is 58.3 Å². The normalized spacial score (nSPS) is 16.2. The monoisotopic (exact) mass is 314 g/mol. The van der Waals surface area contributed by atoms with Gasteiger partial charge < -0.3 is 20.4 Å². The lowest BCUT2D eigenvalue weighted by Gasteiger charge is -2.21. The van der Waals surface area contributed by atoms with Crippen LogP contribution in [0, 0.1) is 0 Å². The van der Waals surface area contributed by atoms with Crippen molar-refractivity contribution in [2.24, 2.45) is 0 Å². The first-order valence-electron chi connectivity index (χ1n) is 8.05. The highest BCUT2D eigenvalue weighted by Gasteiger charge is 2.22. The number of unbranched alkanes of at least 4 members (excludes halogenated alkanes) is 3. The van der Waals surface area contributed by atoms with E-state index in [9.17, 15) is 20.1 Å². The maximum Gasteiger partial charge on any atom is 0.303 e. The molecule has 0 aromatic rings. The van der Waals surface area contributed by atoms with Gasteiger partial charge in [0.1, 0.15) is 6.10 Å². The molecule has 0 rings (SSSR count). The average molecular weight is 314 g/mol. The zero-order valence-corrected chi connectivity index (χ0v) is 13.4. The molecule has 0 bridgehead atoms. The molecule has 0 aromatic heterocycles. The first-order chi connectivity index (χ1) is 10.5. The molecule has 5 nitrogen and oxygen atoms in total. The molecule has 0 heterocycles. The van der Waals surface area contributed by atoms with E-state index in [4.69, 9.17) is 5.11 Å². The SMILES string of the molecule is CC/C=C\CC(O)C(O)C(O)C/C=C\CCCCCC(=O)O. The van der Waals surface area contributed by atoms with Crippen LogP contribution in [0.25, 0.3) is 0 Å². The quantitative estimate of drug-likeness (QED) is 0.309. The van der Waals surface area contributed by atoms with E-state index in [1.165, 1.54) is 0 Å². The van der Waals surface area contributed by atoms with Crippen LogP contribution in [0.4, 0.5) is 0 Å². The maximum absolute atomic E-state index is 10.3. The first-order valence-corrected chi connectivity index (χ1v) is 8.05. The lowest BCUT2D eigenvalue weighted by molar-refractivity contribution is -0.137. The van der Waals surface area contributed by atoms with Gasteiger partial charge in [-0.2, -0.15) is 0 Å². The largest absolute Gasteiger partial charge is 0.481 e.